The summed E-state index contributed by atoms with van der Waals surface area (Å²) in [7, 11) is 0. The molecule has 0 bridgehead atoms. The predicted octanol–water partition coefficient (Wildman–Crippen LogP) is 2.70. The van der Waals surface area contributed by atoms with Crippen LogP contribution in [0.5, 0.6) is 0 Å². The van der Waals surface area contributed by atoms with E-state index >= 15 is 0 Å². The Morgan fingerprint density at radius 2 is 2.32 bits per heavy atom. The smallest absolute Gasteiger partial charge is 0.345 e. The molecule has 0 spiro atoms. The third-order valence-corrected chi connectivity index (χ3v) is 3.75. The van der Waals surface area contributed by atoms with Crippen molar-refractivity contribution in [1.29, 1.82) is 0 Å². The summed E-state index contributed by atoms with van der Waals surface area (Å²) in [5, 5.41) is 0.897. The van der Waals surface area contributed by atoms with Crippen LogP contribution in [0.2, 0.25) is 0 Å². The van der Waals surface area contributed by atoms with E-state index in [9.17, 15) is 4.79 Å². The van der Waals surface area contributed by atoms with Crippen LogP contribution in [0.1, 0.15) is 12.5 Å². The second kappa shape index (κ2) is 5.01. The van der Waals surface area contributed by atoms with E-state index in [-0.39, 0.29) is 11.1 Å². The largest absolute Gasteiger partial charge is 0.422 e. The molecule has 0 saturated heterocycles. The zero-order chi connectivity index (χ0) is 13.2. The lowest BCUT2D eigenvalue weighted by Crippen LogP contribution is -2.13. The number of hydrogen-bond acceptors (Lipinski definition) is 5. The minimum Gasteiger partial charge on any atom is -0.422 e. The van der Waals surface area contributed by atoms with Gasteiger partial charge in [0.1, 0.15) is 5.58 Å². The normalized spacial score (nSPS) is 19.2. The van der Waals surface area contributed by atoms with Crippen molar-refractivity contribution in [3.8, 4) is 0 Å². The van der Waals surface area contributed by atoms with Gasteiger partial charge in [0.25, 0.3) is 0 Å². The number of aliphatic imine (C=N–C) groups is 2. The van der Waals surface area contributed by atoms with Crippen LogP contribution in [-0.4, -0.2) is 23.2 Å². The van der Waals surface area contributed by atoms with Crippen molar-refractivity contribution in [3.05, 3.63) is 46.3 Å². The highest BCUT2D eigenvalue weighted by Gasteiger charge is 2.12. The summed E-state index contributed by atoms with van der Waals surface area (Å²) in [6.07, 6.45) is 1.84. The van der Waals surface area contributed by atoms with Crippen molar-refractivity contribution < 1.29 is 4.42 Å². The molecule has 0 N–H and O–H groups in total. The Labute approximate surface area is 114 Å². The monoisotopic (exact) mass is 272 g/mol. The number of nitrogens with zero attached hydrogens (tertiary/aromatic N) is 2. The summed E-state index contributed by atoms with van der Waals surface area (Å²) in [6.45, 7) is 1.81. The zero-order valence-electron chi connectivity index (χ0n) is 10.4. The first-order valence-electron chi connectivity index (χ1n) is 5.95. The van der Waals surface area contributed by atoms with Gasteiger partial charge >= 0.3 is 5.63 Å². The van der Waals surface area contributed by atoms with E-state index in [0.29, 0.717) is 16.9 Å². The van der Waals surface area contributed by atoms with E-state index in [1.165, 1.54) is 0 Å². The van der Waals surface area contributed by atoms with E-state index < -0.39 is 0 Å². The molecule has 1 aliphatic rings. The molecule has 1 aromatic heterocycles. The molecule has 0 fully saturated rings. The molecule has 0 amide bonds. The summed E-state index contributed by atoms with van der Waals surface area (Å²) >= 11 is 1.63. The van der Waals surface area contributed by atoms with Gasteiger partial charge in [0.15, 0.2) is 5.50 Å². The first-order chi connectivity index (χ1) is 9.24. The highest BCUT2D eigenvalue weighted by atomic mass is 32.2. The number of para-hydroxylation sites is 1. The fourth-order valence-corrected chi connectivity index (χ4v) is 2.67. The van der Waals surface area contributed by atoms with Gasteiger partial charge in [-0.1, -0.05) is 18.2 Å². The Morgan fingerprint density at radius 3 is 3.11 bits per heavy atom. The lowest BCUT2D eigenvalue weighted by molar-refractivity contribution is 0.559. The Hall–Kier alpha value is -1.88. The number of benzene rings is 1. The molecular weight excluding hydrogens is 260 g/mol. The summed E-state index contributed by atoms with van der Waals surface area (Å²) in [5.41, 5.74) is 1.27. The molecule has 96 valence electrons. The van der Waals surface area contributed by atoms with Crippen LogP contribution < -0.4 is 5.63 Å². The SMILES string of the molecule is CC(=N[C@H]1N=CCS1)c1cc2ccccc2oc1=O. The quantitative estimate of drug-likeness (QED) is 0.624. The van der Waals surface area contributed by atoms with Crippen LogP contribution in [0.15, 0.2) is 49.5 Å². The topological polar surface area (TPSA) is 54.9 Å². The van der Waals surface area contributed by atoms with Gasteiger partial charge in [-0.15, -0.1) is 11.8 Å². The first-order valence-corrected chi connectivity index (χ1v) is 7.00. The van der Waals surface area contributed by atoms with E-state index in [1.54, 1.807) is 17.8 Å². The Bertz CT molecular complexity index is 734. The first kappa shape index (κ1) is 12.2. The molecule has 2 aromatic rings. The fourth-order valence-electron chi connectivity index (χ4n) is 1.93. The van der Waals surface area contributed by atoms with Crippen LogP contribution in [0.4, 0.5) is 0 Å². The lowest BCUT2D eigenvalue weighted by Gasteiger charge is -2.04. The van der Waals surface area contributed by atoms with Gasteiger partial charge in [0.2, 0.25) is 0 Å². The maximum Gasteiger partial charge on any atom is 0.345 e. The van der Waals surface area contributed by atoms with Gasteiger partial charge in [-0.3, -0.25) is 9.98 Å². The number of thioether (sulfide) groups is 1. The molecule has 1 aliphatic heterocycles. The molecule has 19 heavy (non-hydrogen) atoms. The summed E-state index contributed by atoms with van der Waals surface area (Å²) in [5.74, 6) is 0.869. The minimum atomic E-state index is -0.355. The van der Waals surface area contributed by atoms with Crippen molar-refractivity contribution in [1.82, 2.24) is 0 Å². The Morgan fingerprint density at radius 1 is 1.47 bits per heavy atom. The zero-order valence-corrected chi connectivity index (χ0v) is 11.2. The van der Waals surface area contributed by atoms with E-state index in [4.69, 9.17) is 4.42 Å². The molecule has 1 aromatic carbocycles. The fraction of sp³-hybridized carbons (Fsp3) is 0.214. The van der Waals surface area contributed by atoms with Crippen molar-refractivity contribution in [3.63, 3.8) is 0 Å². The van der Waals surface area contributed by atoms with E-state index in [0.717, 1.165) is 11.1 Å². The Balaban J connectivity index is 2.06. The lowest BCUT2D eigenvalue weighted by atomic mass is 10.1. The van der Waals surface area contributed by atoms with Gasteiger partial charge in [-0.05, 0) is 19.1 Å². The number of rotatable bonds is 2. The standard InChI is InChI=1S/C14H12N2O2S/c1-9(16-14-15-6-7-19-14)11-8-10-4-2-3-5-12(10)18-13(11)17/h2-6,8,14H,7H2,1H3/t14-/m1/s1. The molecule has 0 unspecified atom stereocenters. The van der Waals surface area contributed by atoms with Crippen LogP contribution in [0.25, 0.3) is 11.0 Å². The van der Waals surface area contributed by atoms with Crippen LogP contribution in [-0.2, 0) is 0 Å². The van der Waals surface area contributed by atoms with Crippen molar-refractivity contribution in [2.45, 2.75) is 12.4 Å². The van der Waals surface area contributed by atoms with Gasteiger partial charge in [-0.25, -0.2) is 4.79 Å². The third kappa shape index (κ3) is 2.46. The summed E-state index contributed by atoms with van der Waals surface area (Å²) in [6, 6.07) is 9.27. The summed E-state index contributed by atoms with van der Waals surface area (Å²) < 4.78 is 5.30. The van der Waals surface area contributed by atoms with Crippen LogP contribution in [0, 0.1) is 0 Å². The van der Waals surface area contributed by atoms with Gasteiger partial charge in [0.05, 0.1) is 5.56 Å². The average Bonchev–Trinajstić information content (AvgIpc) is 2.90. The molecule has 0 aliphatic carbocycles. The van der Waals surface area contributed by atoms with E-state index in [2.05, 4.69) is 9.98 Å². The highest BCUT2D eigenvalue weighted by molar-refractivity contribution is 8.00. The predicted molar refractivity (Wildman–Crippen MR) is 79.4 cm³/mol. The molecule has 1 atom stereocenters. The van der Waals surface area contributed by atoms with Gasteiger partial charge in [0, 0.05) is 23.1 Å². The van der Waals surface area contributed by atoms with Crippen molar-refractivity contribution in [2.24, 2.45) is 9.98 Å². The van der Waals surface area contributed by atoms with Crippen LogP contribution >= 0.6 is 11.8 Å². The van der Waals surface area contributed by atoms with E-state index in [1.807, 2.05) is 37.4 Å². The number of hydrogen-bond donors (Lipinski definition) is 0. The molecule has 3 rings (SSSR count). The second-order valence-corrected chi connectivity index (χ2v) is 5.28. The third-order valence-electron chi connectivity index (χ3n) is 2.89. The van der Waals surface area contributed by atoms with Crippen molar-refractivity contribution >= 4 is 34.7 Å². The molecule has 2 heterocycles. The highest BCUT2D eigenvalue weighted by Crippen LogP contribution is 2.19. The molecule has 0 saturated carbocycles. The summed E-state index contributed by atoms with van der Waals surface area (Å²) in [4.78, 5) is 20.6. The minimum absolute atomic E-state index is 0.133. The molecule has 5 heteroatoms. The Kier molecular flexibility index (Phi) is 3.21. The molecular formula is C14H12N2O2S. The molecule has 0 radical (unpaired) electrons. The van der Waals surface area contributed by atoms with Crippen LogP contribution in [0.3, 0.4) is 0 Å². The average molecular weight is 272 g/mol. The number of fused-ring (bicyclic) bond motifs is 1. The van der Waals surface area contributed by atoms with Gasteiger partial charge < -0.3 is 4.42 Å². The second-order valence-electron chi connectivity index (χ2n) is 4.19. The maximum atomic E-state index is 12.0. The maximum absolute atomic E-state index is 12.0. The van der Waals surface area contributed by atoms with Crippen molar-refractivity contribution in [2.75, 3.05) is 5.75 Å². The van der Waals surface area contributed by atoms with Gasteiger partial charge in [-0.2, -0.15) is 0 Å². The molecule has 4 nitrogen and oxygen atoms in total.